The zero-order chi connectivity index (χ0) is 22.7. The van der Waals surface area contributed by atoms with Crippen LogP contribution in [0.4, 0.5) is 4.79 Å². The first-order chi connectivity index (χ1) is 15.5. The number of amides is 2. The second-order valence-corrected chi connectivity index (χ2v) is 8.50. The molecule has 2 aromatic rings. The second kappa shape index (κ2) is 9.42. The van der Waals surface area contributed by atoms with Crippen molar-refractivity contribution in [2.24, 2.45) is 5.92 Å². The van der Waals surface area contributed by atoms with Gasteiger partial charge in [0.25, 0.3) is 0 Å². The molecule has 2 aliphatic carbocycles. The number of benzene rings is 2. The lowest BCUT2D eigenvalue weighted by Gasteiger charge is -2.20. The van der Waals surface area contributed by atoms with Gasteiger partial charge in [-0.2, -0.15) is 0 Å². The largest absolute Gasteiger partial charge is 0.480 e. The van der Waals surface area contributed by atoms with Gasteiger partial charge in [-0.3, -0.25) is 4.79 Å². The van der Waals surface area contributed by atoms with Crippen molar-refractivity contribution in [2.45, 2.75) is 50.6 Å². The number of fused-ring (bicyclic) bond motifs is 3. The molecular formula is C25H28N2O5. The van der Waals surface area contributed by atoms with Gasteiger partial charge in [0.1, 0.15) is 12.6 Å². The van der Waals surface area contributed by atoms with Crippen molar-refractivity contribution in [3.8, 4) is 11.1 Å². The standard InChI is InChI=1S/C25H28N2O5/c1-2-16(13-22(28)27-23(24(29)30)15-11-12-15)26-25(31)32-14-21-19-9-5-3-7-17(19)18-8-4-6-10-20(18)21/h3-10,15-16,21,23H,2,11-14H2,1H3,(H,26,31)(H,27,28)(H,29,30). The van der Waals surface area contributed by atoms with Gasteiger partial charge in [-0.25, -0.2) is 9.59 Å². The molecule has 0 spiro atoms. The molecule has 2 unspecified atom stereocenters. The van der Waals surface area contributed by atoms with E-state index < -0.39 is 24.1 Å². The van der Waals surface area contributed by atoms with Gasteiger partial charge in [0.15, 0.2) is 0 Å². The molecule has 168 valence electrons. The molecule has 0 heterocycles. The Labute approximate surface area is 187 Å². The van der Waals surface area contributed by atoms with E-state index in [1.165, 1.54) is 0 Å². The lowest BCUT2D eigenvalue weighted by atomic mass is 9.98. The van der Waals surface area contributed by atoms with Gasteiger partial charge in [-0.1, -0.05) is 55.5 Å². The van der Waals surface area contributed by atoms with Gasteiger partial charge in [0, 0.05) is 18.4 Å². The molecule has 2 aliphatic rings. The number of nitrogens with one attached hydrogen (secondary N) is 2. The highest BCUT2D eigenvalue weighted by atomic mass is 16.5. The van der Waals surface area contributed by atoms with Crippen molar-refractivity contribution < 1.29 is 24.2 Å². The third-order valence-electron chi connectivity index (χ3n) is 6.27. The summed E-state index contributed by atoms with van der Waals surface area (Å²) in [7, 11) is 0. The van der Waals surface area contributed by atoms with Gasteiger partial charge in [0.2, 0.25) is 5.91 Å². The summed E-state index contributed by atoms with van der Waals surface area (Å²) in [5.41, 5.74) is 4.58. The summed E-state index contributed by atoms with van der Waals surface area (Å²) in [6.07, 6.45) is 1.58. The van der Waals surface area contributed by atoms with Crippen molar-refractivity contribution in [3.63, 3.8) is 0 Å². The number of carbonyl (C=O) groups excluding carboxylic acids is 2. The maximum atomic E-state index is 12.5. The zero-order valence-corrected chi connectivity index (χ0v) is 18.0. The normalized spacial score (nSPS) is 16.4. The van der Waals surface area contributed by atoms with Gasteiger partial charge in [0.05, 0.1) is 0 Å². The van der Waals surface area contributed by atoms with Crippen LogP contribution in [0, 0.1) is 5.92 Å². The molecule has 0 aromatic heterocycles. The minimum absolute atomic E-state index is 0.00613. The van der Waals surface area contributed by atoms with Crippen LogP contribution in [0.3, 0.4) is 0 Å². The summed E-state index contributed by atoms with van der Waals surface area (Å²) in [5, 5.41) is 14.6. The van der Waals surface area contributed by atoms with Crippen molar-refractivity contribution in [1.82, 2.24) is 10.6 Å². The molecule has 2 aromatic carbocycles. The summed E-state index contributed by atoms with van der Waals surface area (Å²) in [5.74, 6) is -1.42. The second-order valence-electron chi connectivity index (χ2n) is 8.50. The summed E-state index contributed by atoms with van der Waals surface area (Å²) >= 11 is 0. The Balaban J connectivity index is 1.32. The SMILES string of the molecule is CCC(CC(=O)NC(C(=O)O)C1CC1)NC(=O)OCC1c2ccccc2-c2ccccc21. The van der Waals surface area contributed by atoms with Gasteiger partial charge < -0.3 is 20.5 Å². The zero-order valence-electron chi connectivity index (χ0n) is 18.0. The maximum absolute atomic E-state index is 12.5. The number of alkyl carbamates (subject to hydrolysis) is 1. The van der Waals surface area contributed by atoms with E-state index in [4.69, 9.17) is 4.74 Å². The van der Waals surface area contributed by atoms with E-state index in [1.54, 1.807) is 0 Å². The highest BCUT2D eigenvalue weighted by molar-refractivity contribution is 5.84. The number of carbonyl (C=O) groups is 3. The number of carboxylic acid groups (broad SMARTS) is 1. The Morgan fingerprint density at radius 1 is 1.00 bits per heavy atom. The number of hydrogen-bond donors (Lipinski definition) is 3. The molecule has 0 saturated heterocycles. The Kier molecular flexibility index (Phi) is 6.44. The van der Waals surface area contributed by atoms with Crippen molar-refractivity contribution >= 4 is 18.0 Å². The van der Waals surface area contributed by atoms with E-state index in [9.17, 15) is 19.5 Å². The number of hydrogen-bond acceptors (Lipinski definition) is 4. The van der Waals surface area contributed by atoms with E-state index in [0.717, 1.165) is 35.1 Å². The maximum Gasteiger partial charge on any atom is 0.407 e. The Morgan fingerprint density at radius 3 is 2.12 bits per heavy atom. The van der Waals surface area contributed by atoms with E-state index in [-0.39, 0.29) is 30.8 Å². The Morgan fingerprint density at radius 2 is 1.59 bits per heavy atom. The molecule has 7 nitrogen and oxygen atoms in total. The highest BCUT2D eigenvalue weighted by Gasteiger charge is 2.37. The predicted octanol–water partition coefficient (Wildman–Crippen LogP) is 3.67. The monoisotopic (exact) mass is 436 g/mol. The summed E-state index contributed by atoms with van der Waals surface area (Å²) in [6, 6.07) is 14.9. The third kappa shape index (κ3) is 4.77. The number of ether oxygens (including phenoxy) is 1. The molecule has 2 amide bonds. The van der Waals surface area contributed by atoms with Crippen LogP contribution in [0.15, 0.2) is 48.5 Å². The molecule has 4 rings (SSSR count). The number of rotatable bonds is 9. The summed E-state index contributed by atoms with van der Waals surface area (Å²) in [4.78, 5) is 36.1. The molecule has 0 bridgehead atoms. The molecule has 3 N–H and O–H groups in total. The van der Waals surface area contributed by atoms with Gasteiger partial charge in [-0.05, 0) is 47.4 Å². The lowest BCUT2D eigenvalue weighted by Crippen LogP contribution is -2.45. The molecule has 0 radical (unpaired) electrons. The molecule has 1 fully saturated rings. The number of aliphatic carboxylic acids is 1. The first-order valence-electron chi connectivity index (χ1n) is 11.1. The molecular weight excluding hydrogens is 408 g/mol. The van der Waals surface area contributed by atoms with E-state index in [0.29, 0.717) is 6.42 Å². The van der Waals surface area contributed by atoms with Crippen LogP contribution in [0.2, 0.25) is 0 Å². The fraction of sp³-hybridized carbons (Fsp3) is 0.400. The quantitative estimate of drug-likeness (QED) is 0.556. The van der Waals surface area contributed by atoms with Crippen LogP contribution in [-0.2, 0) is 14.3 Å². The first kappa shape index (κ1) is 21.9. The number of carboxylic acids is 1. The molecule has 1 saturated carbocycles. The third-order valence-corrected chi connectivity index (χ3v) is 6.27. The molecule has 32 heavy (non-hydrogen) atoms. The molecule has 0 aliphatic heterocycles. The van der Waals surface area contributed by atoms with Crippen LogP contribution in [-0.4, -0.2) is 41.8 Å². The lowest BCUT2D eigenvalue weighted by molar-refractivity contribution is -0.142. The van der Waals surface area contributed by atoms with E-state index in [2.05, 4.69) is 34.9 Å². The highest BCUT2D eigenvalue weighted by Crippen LogP contribution is 2.44. The van der Waals surface area contributed by atoms with Gasteiger partial charge >= 0.3 is 12.1 Å². The Hall–Kier alpha value is -3.35. The van der Waals surface area contributed by atoms with Crippen LogP contribution >= 0.6 is 0 Å². The smallest absolute Gasteiger partial charge is 0.407 e. The van der Waals surface area contributed by atoms with Crippen molar-refractivity contribution in [2.75, 3.05) is 6.61 Å². The first-order valence-corrected chi connectivity index (χ1v) is 11.1. The van der Waals surface area contributed by atoms with E-state index in [1.807, 2.05) is 31.2 Å². The average Bonchev–Trinajstić information content (AvgIpc) is 3.58. The molecule has 2 atom stereocenters. The van der Waals surface area contributed by atoms with Crippen LogP contribution in [0.5, 0.6) is 0 Å². The van der Waals surface area contributed by atoms with Gasteiger partial charge in [-0.15, -0.1) is 0 Å². The topological polar surface area (TPSA) is 105 Å². The Bertz CT molecular complexity index is 971. The fourth-order valence-electron chi connectivity index (χ4n) is 4.37. The van der Waals surface area contributed by atoms with Crippen molar-refractivity contribution in [3.05, 3.63) is 59.7 Å². The fourth-order valence-corrected chi connectivity index (χ4v) is 4.37. The minimum Gasteiger partial charge on any atom is -0.480 e. The molecule has 7 heteroatoms. The van der Waals surface area contributed by atoms with E-state index >= 15 is 0 Å². The van der Waals surface area contributed by atoms with Crippen LogP contribution in [0.1, 0.15) is 49.7 Å². The minimum atomic E-state index is -1.02. The predicted molar refractivity (Wildman–Crippen MR) is 119 cm³/mol. The van der Waals surface area contributed by atoms with Crippen LogP contribution in [0.25, 0.3) is 11.1 Å². The van der Waals surface area contributed by atoms with Crippen molar-refractivity contribution in [1.29, 1.82) is 0 Å². The summed E-state index contributed by atoms with van der Waals surface area (Å²) < 4.78 is 5.55. The average molecular weight is 437 g/mol. The summed E-state index contributed by atoms with van der Waals surface area (Å²) in [6.45, 7) is 2.06. The van der Waals surface area contributed by atoms with Crippen LogP contribution < -0.4 is 10.6 Å².